The van der Waals surface area contributed by atoms with Crippen LogP contribution in [0.2, 0.25) is 0 Å². The van der Waals surface area contributed by atoms with Gasteiger partial charge in [0, 0.05) is 0 Å². The van der Waals surface area contributed by atoms with Crippen LogP contribution in [0.3, 0.4) is 0 Å². The molecule has 0 spiro atoms. The van der Waals surface area contributed by atoms with Crippen LogP contribution in [0.1, 0.15) is 33.4 Å². The Morgan fingerprint density at radius 2 is 0.586 bits per heavy atom. The number of benzene rings is 6. The number of phosphoric acid groups is 1. The standard InChI is InChI=1S/C48H49O9P/c49-43-44(51-31-37-19-7-1-8-20-37)46(53-33-39-23-11-3-12-24-39)47(54-34-40-25-13-4-14-26-40)48(45(43)52-32-38-21-9-2-10-22-38)57-58(50,55-35-41-27-15-5-16-28-41)56-36-42-29-17-6-18-30-42/h1-30,43-49H,31-36H2/t43-,44-,45-,46+,47-,48-/m0/s1. The first-order valence-electron chi connectivity index (χ1n) is 19.5. The first kappa shape index (κ1) is 41.4. The molecule has 1 aliphatic carbocycles. The van der Waals surface area contributed by atoms with Gasteiger partial charge in [-0.05, 0) is 33.4 Å². The van der Waals surface area contributed by atoms with Crippen molar-refractivity contribution in [1.29, 1.82) is 0 Å². The monoisotopic (exact) mass is 800 g/mol. The van der Waals surface area contributed by atoms with E-state index < -0.39 is 44.4 Å². The van der Waals surface area contributed by atoms with Gasteiger partial charge in [0.15, 0.2) is 0 Å². The summed E-state index contributed by atoms with van der Waals surface area (Å²) in [5, 5.41) is 12.5. The zero-order valence-electron chi connectivity index (χ0n) is 32.2. The van der Waals surface area contributed by atoms with E-state index in [4.69, 9.17) is 32.5 Å². The maximum atomic E-state index is 15.1. The average Bonchev–Trinajstić information content (AvgIpc) is 3.28. The lowest BCUT2D eigenvalue weighted by Gasteiger charge is -2.48. The molecule has 6 aromatic carbocycles. The second kappa shape index (κ2) is 21.3. The van der Waals surface area contributed by atoms with Crippen LogP contribution in [0.4, 0.5) is 0 Å². The average molecular weight is 801 g/mol. The number of ether oxygens (including phenoxy) is 4. The molecule has 10 heteroatoms. The van der Waals surface area contributed by atoms with E-state index in [-0.39, 0.29) is 39.6 Å². The molecule has 1 fully saturated rings. The summed E-state index contributed by atoms with van der Waals surface area (Å²) >= 11 is 0. The summed E-state index contributed by atoms with van der Waals surface area (Å²) < 4.78 is 60.8. The van der Waals surface area contributed by atoms with Crippen LogP contribution in [0, 0.1) is 0 Å². The number of rotatable bonds is 20. The van der Waals surface area contributed by atoms with Crippen LogP contribution >= 0.6 is 7.82 Å². The number of hydrogen-bond acceptors (Lipinski definition) is 9. The molecule has 58 heavy (non-hydrogen) atoms. The Hall–Kier alpha value is -4.77. The van der Waals surface area contributed by atoms with Crippen LogP contribution in [-0.2, 0) is 76.7 Å². The van der Waals surface area contributed by atoms with Gasteiger partial charge >= 0.3 is 7.82 Å². The number of phosphoric ester groups is 1. The summed E-state index contributed by atoms with van der Waals surface area (Å²) in [6.45, 7) is 0.463. The molecule has 0 unspecified atom stereocenters. The Morgan fingerprint density at radius 1 is 0.345 bits per heavy atom. The molecular formula is C48H49O9P. The van der Waals surface area contributed by atoms with E-state index >= 15 is 4.57 Å². The lowest BCUT2D eigenvalue weighted by Crippen LogP contribution is -2.66. The van der Waals surface area contributed by atoms with Gasteiger partial charge in [-0.3, -0.25) is 13.6 Å². The summed E-state index contributed by atoms with van der Waals surface area (Å²) in [6.07, 6.45) is -6.65. The molecule has 0 aliphatic heterocycles. The highest BCUT2D eigenvalue weighted by atomic mass is 31.2. The molecule has 0 bridgehead atoms. The van der Waals surface area contributed by atoms with Gasteiger partial charge in [-0.25, -0.2) is 4.57 Å². The molecule has 0 amide bonds. The molecular weight excluding hydrogens is 751 g/mol. The van der Waals surface area contributed by atoms with Gasteiger partial charge in [0.25, 0.3) is 0 Å². The van der Waals surface area contributed by atoms with Crippen LogP contribution in [0.25, 0.3) is 0 Å². The zero-order valence-corrected chi connectivity index (χ0v) is 33.1. The Labute approximate surface area is 340 Å². The second-order valence-electron chi connectivity index (χ2n) is 14.1. The third kappa shape index (κ3) is 11.9. The Bertz CT molecular complexity index is 2050. The van der Waals surface area contributed by atoms with Crippen LogP contribution < -0.4 is 0 Å². The highest BCUT2D eigenvalue weighted by molar-refractivity contribution is 7.48. The lowest BCUT2D eigenvalue weighted by atomic mass is 9.84. The molecule has 6 atom stereocenters. The molecule has 0 aromatic heterocycles. The van der Waals surface area contributed by atoms with Crippen molar-refractivity contribution in [3.8, 4) is 0 Å². The third-order valence-electron chi connectivity index (χ3n) is 9.82. The van der Waals surface area contributed by atoms with Gasteiger partial charge in [-0.1, -0.05) is 182 Å². The van der Waals surface area contributed by atoms with Crippen molar-refractivity contribution in [2.75, 3.05) is 0 Å². The van der Waals surface area contributed by atoms with E-state index in [1.165, 1.54) is 0 Å². The molecule has 0 radical (unpaired) electrons. The van der Waals surface area contributed by atoms with Crippen molar-refractivity contribution in [1.82, 2.24) is 0 Å². The Kier molecular flexibility index (Phi) is 15.2. The molecule has 300 valence electrons. The third-order valence-corrected chi connectivity index (χ3v) is 11.2. The first-order valence-corrected chi connectivity index (χ1v) is 20.9. The molecule has 7 rings (SSSR count). The fourth-order valence-corrected chi connectivity index (χ4v) is 8.14. The van der Waals surface area contributed by atoms with Crippen LogP contribution in [0.15, 0.2) is 182 Å². The summed E-state index contributed by atoms with van der Waals surface area (Å²) in [4.78, 5) is 0. The number of aliphatic hydroxyl groups excluding tert-OH is 1. The molecule has 1 N–H and O–H groups in total. The van der Waals surface area contributed by atoms with E-state index in [0.717, 1.165) is 33.4 Å². The summed E-state index contributed by atoms with van der Waals surface area (Å²) in [5.41, 5.74) is 5.11. The van der Waals surface area contributed by atoms with Crippen LogP contribution in [0.5, 0.6) is 0 Å². The zero-order chi connectivity index (χ0) is 39.8. The predicted octanol–water partition coefficient (Wildman–Crippen LogP) is 9.63. The summed E-state index contributed by atoms with van der Waals surface area (Å²) in [7, 11) is -4.47. The van der Waals surface area contributed by atoms with Gasteiger partial charge in [-0.15, -0.1) is 0 Å². The van der Waals surface area contributed by atoms with Crippen molar-refractivity contribution in [2.45, 2.75) is 76.3 Å². The van der Waals surface area contributed by atoms with Crippen molar-refractivity contribution in [2.24, 2.45) is 0 Å². The lowest BCUT2D eigenvalue weighted by molar-refractivity contribution is -0.270. The van der Waals surface area contributed by atoms with E-state index in [1.54, 1.807) is 0 Å². The van der Waals surface area contributed by atoms with Crippen molar-refractivity contribution >= 4 is 7.82 Å². The molecule has 0 saturated heterocycles. The maximum Gasteiger partial charge on any atom is 0.475 e. The minimum Gasteiger partial charge on any atom is -0.387 e. The van der Waals surface area contributed by atoms with Gasteiger partial charge in [0.1, 0.15) is 36.6 Å². The number of aliphatic hydroxyl groups is 1. The molecule has 9 nitrogen and oxygen atoms in total. The minimum atomic E-state index is -4.47. The van der Waals surface area contributed by atoms with Gasteiger partial charge < -0.3 is 24.1 Å². The molecule has 6 aromatic rings. The highest BCUT2D eigenvalue weighted by Gasteiger charge is 2.56. The summed E-state index contributed by atoms with van der Waals surface area (Å²) in [6, 6.07) is 57.5. The topological polar surface area (TPSA) is 102 Å². The predicted molar refractivity (Wildman–Crippen MR) is 221 cm³/mol. The molecule has 0 heterocycles. The van der Waals surface area contributed by atoms with Crippen molar-refractivity contribution in [3.63, 3.8) is 0 Å². The van der Waals surface area contributed by atoms with E-state index in [0.29, 0.717) is 0 Å². The van der Waals surface area contributed by atoms with Crippen LogP contribution in [-0.4, -0.2) is 41.7 Å². The highest BCUT2D eigenvalue weighted by Crippen LogP contribution is 2.54. The SMILES string of the molecule is O=P(OCc1ccccc1)(OCc1ccccc1)O[C@@H]1[C@@H](OCc2ccccc2)[C@H](OCc2ccccc2)[C@@H](OCc2ccccc2)[C@H](O)[C@@H]1OCc1ccccc1. The minimum absolute atomic E-state index is 0.0655. The van der Waals surface area contributed by atoms with E-state index in [2.05, 4.69) is 0 Å². The maximum absolute atomic E-state index is 15.1. The summed E-state index contributed by atoms with van der Waals surface area (Å²) in [5.74, 6) is 0. The van der Waals surface area contributed by atoms with E-state index in [1.807, 2.05) is 182 Å². The van der Waals surface area contributed by atoms with Gasteiger partial charge in [-0.2, -0.15) is 0 Å². The van der Waals surface area contributed by atoms with Gasteiger partial charge in [0.05, 0.1) is 39.6 Å². The molecule has 1 aliphatic rings. The van der Waals surface area contributed by atoms with E-state index in [9.17, 15) is 5.11 Å². The second-order valence-corrected chi connectivity index (χ2v) is 15.7. The van der Waals surface area contributed by atoms with Gasteiger partial charge in [0.2, 0.25) is 0 Å². The first-order chi connectivity index (χ1) is 28.5. The largest absolute Gasteiger partial charge is 0.475 e. The smallest absolute Gasteiger partial charge is 0.387 e. The Balaban J connectivity index is 1.28. The normalized spacial score (nSPS) is 20.8. The quantitative estimate of drug-likeness (QED) is 0.0757. The fourth-order valence-electron chi connectivity index (χ4n) is 6.79. The number of hydrogen-bond donors (Lipinski definition) is 1. The molecule has 1 saturated carbocycles. The fraction of sp³-hybridized carbons (Fsp3) is 0.250. The Morgan fingerprint density at radius 3 is 0.897 bits per heavy atom. The van der Waals surface area contributed by atoms with Crippen molar-refractivity contribution in [3.05, 3.63) is 215 Å². The van der Waals surface area contributed by atoms with Crippen molar-refractivity contribution < 1.29 is 42.2 Å².